The van der Waals surface area contributed by atoms with E-state index >= 15 is 0 Å². The van der Waals surface area contributed by atoms with Crippen molar-refractivity contribution in [2.75, 3.05) is 23.7 Å². The minimum Gasteiger partial charge on any atom is -0.390 e. The van der Waals surface area contributed by atoms with Crippen LogP contribution in [0.15, 0.2) is 4.42 Å². The van der Waals surface area contributed by atoms with Gasteiger partial charge in [0.05, 0.1) is 18.7 Å². The third-order valence-electron chi connectivity index (χ3n) is 2.39. The number of nitrogen functional groups attached to an aromatic ring is 1. The quantitative estimate of drug-likeness (QED) is 0.710. The Bertz CT molecular complexity index is 319. The summed E-state index contributed by atoms with van der Waals surface area (Å²) in [5, 5.41) is 17.2. The van der Waals surface area contributed by atoms with Crippen LogP contribution in [0.1, 0.15) is 19.8 Å². The number of nitrogens with zero attached hydrogens (tertiary/aromatic N) is 3. The van der Waals surface area contributed by atoms with Crippen molar-refractivity contribution in [2.45, 2.75) is 25.4 Å². The van der Waals surface area contributed by atoms with Crippen molar-refractivity contribution in [3.8, 4) is 0 Å². The molecule has 0 radical (unpaired) electrons. The molecule has 1 saturated heterocycles. The third-order valence-corrected chi connectivity index (χ3v) is 2.39. The highest BCUT2D eigenvalue weighted by Gasteiger charge is 2.42. The second-order valence-corrected chi connectivity index (χ2v) is 3.75. The van der Waals surface area contributed by atoms with Gasteiger partial charge in [0.25, 0.3) is 0 Å². The van der Waals surface area contributed by atoms with Crippen LogP contribution in [0.4, 0.5) is 12.0 Å². The summed E-state index contributed by atoms with van der Waals surface area (Å²) in [6, 6.07) is 0.453. The number of aromatic nitrogens is 2. The molecule has 1 aromatic heterocycles. The van der Waals surface area contributed by atoms with Crippen LogP contribution in [0, 0.1) is 0 Å². The Balaban J connectivity index is 1.94. The standard InChI is InChI=1S/C8H14N4O2/c1-2-3-8(13)4-12(5-8)7-11-10-6(9)14-7/h13H,2-5H2,1H3,(H2,9,10). The smallest absolute Gasteiger partial charge is 0.319 e. The van der Waals surface area contributed by atoms with Crippen molar-refractivity contribution in [2.24, 2.45) is 0 Å². The number of hydrogen-bond donors (Lipinski definition) is 2. The lowest BCUT2D eigenvalue weighted by Gasteiger charge is -2.45. The summed E-state index contributed by atoms with van der Waals surface area (Å²) < 4.78 is 5.03. The van der Waals surface area contributed by atoms with Gasteiger partial charge in [-0.05, 0) is 6.42 Å². The van der Waals surface area contributed by atoms with E-state index in [4.69, 9.17) is 10.2 Å². The highest BCUT2D eigenvalue weighted by atomic mass is 16.4. The zero-order valence-corrected chi connectivity index (χ0v) is 8.10. The van der Waals surface area contributed by atoms with Gasteiger partial charge in [-0.1, -0.05) is 23.5 Å². The van der Waals surface area contributed by atoms with Gasteiger partial charge in [0, 0.05) is 0 Å². The molecule has 0 spiro atoms. The van der Waals surface area contributed by atoms with E-state index in [0.717, 1.165) is 12.8 Å². The molecular formula is C8H14N4O2. The lowest BCUT2D eigenvalue weighted by atomic mass is 9.90. The molecule has 0 unspecified atom stereocenters. The minimum atomic E-state index is -0.585. The summed E-state index contributed by atoms with van der Waals surface area (Å²) in [6.45, 7) is 3.14. The second kappa shape index (κ2) is 3.13. The molecule has 6 nitrogen and oxygen atoms in total. The molecule has 1 aromatic rings. The largest absolute Gasteiger partial charge is 0.390 e. The van der Waals surface area contributed by atoms with Gasteiger partial charge in [0.15, 0.2) is 0 Å². The van der Waals surface area contributed by atoms with Crippen LogP contribution in [-0.2, 0) is 0 Å². The molecule has 0 saturated carbocycles. The van der Waals surface area contributed by atoms with E-state index < -0.39 is 5.60 Å². The monoisotopic (exact) mass is 198 g/mol. The minimum absolute atomic E-state index is 0.0610. The van der Waals surface area contributed by atoms with Crippen molar-refractivity contribution in [1.29, 1.82) is 0 Å². The van der Waals surface area contributed by atoms with Crippen LogP contribution in [-0.4, -0.2) is 34.0 Å². The van der Waals surface area contributed by atoms with E-state index in [2.05, 4.69) is 10.2 Å². The van der Waals surface area contributed by atoms with Gasteiger partial charge in [0.2, 0.25) is 0 Å². The Labute approximate surface area is 81.7 Å². The topological polar surface area (TPSA) is 88.4 Å². The molecule has 0 aliphatic carbocycles. The first kappa shape index (κ1) is 9.26. The predicted octanol–water partition coefficient (Wildman–Crippen LogP) is 0.00300. The van der Waals surface area contributed by atoms with Crippen molar-refractivity contribution in [1.82, 2.24) is 10.2 Å². The number of anilines is 2. The van der Waals surface area contributed by atoms with Gasteiger partial charge in [-0.25, -0.2) is 0 Å². The van der Waals surface area contributed by atoms with E-state index in [9.17, 15) is 5.11 Å². The zero-order valence-electron chi connectivity index (χ0n) is 8.10. The lowest BCUT2D eigenvalue weighted by molar-refractivity contribution is 0.000642. The van der Waals surface area contributed by atoms with Gasteiger partial charge in [-0.15, -0.1) is 0 Å². The van der Waals surface area contributed by atoms with E-state index in [1.165, 1.54) is 0 Å². The summed E-state index contributed by atoms with van der Waals surface area (Å²) in [5.41, 5.74) is 4.71. The van der Waals surface area contributed by atoms with Crippen LogP contribution in [0.3, 0.4) is 0 Å². The first-order valence-electron chi connectivity index (χ1n) is 4.69. The average Bonchev–Trinajstić information content (AvgIpc) is 2.47. The van der Waals surface area contributed by atoms with Crippen LogP contribution < -0.4 is 10.6 Å². The third kappa shape index (κ3) is 1.52. The molecule has 3 N–H and O–H groups in total. The maximum absolute atomic E-state index is 9.89. The molecule has 1 aliphatic heterocycles. The fraction of sp³-hybridized carbons (Fsp3) is 0.750. The van der Waals surface area contributed by atoms with Crippen LogP contribution in [0.2, 0.25) is 0 Å². The van der Waals surface area contributed by atoms with Gasteiger partial charge >= 0.3 is 12.0 Å². The van der Waals surface area contributed by atoms with Crippen molar-refractivity contribution in [3.63, 3.8) is 0 Å². The van der Waals surface area contributed by atoms with E-state index in [0.29, 0.717) is 19.1 Å². The Morgan fingerprint density at radius 3 is 2.79 bits per heavy atom. The zero-order chi connectivity index (χ0) is 10.2. The van der Waals surface area contributed by atoms with Gasteiger partial charge in [0.1, 0.15) is 0 Å². The maximum Gasteiger partial charge on any atom is 0.319 e. The van der Waals surface area contributed by atoms with E-state index in [1.54, 1.807) is 0 Å². The van der Waals surface area contributed by atoms with Crippen LogP contribution in [0.5, 0.6) is 0 Å². The Hall–Kier alpha value is -1.30. The van der Waals surface area contributed by atoms with E-state index in [-0.39, 0.29) is 6.01 Å². The molecule has 0 bridgehead atoms. The molecule has 1 fully saturated rings. The van der Waals surface area contributed by atoms with Crippen LogP contribution >= 0.6 is 0 Å². The molecule has 78 valence electrons. The van der Waals surface area contributed by atoms with E-state index in [1.807, 2.05) is 11.8 Å². The molecule has 14 heavy (non-hydrogen) atoms. The summed E-state index contributed by atoms with van der Waals surface area (Å²) in [6.07, 6.45) is 1.77. The Kier molecular flexibility index (Phi) is 2.07. The van der Waals surface area contributed by atoms with Gasteiger partial charge in [-0.2, -0.15) is 0 Å². The lowest BCUT2D eigenvalue weighted by Crippen LogP contribution is -2.62. The maximum atomic E-state index is 9.89. The molecular weight excluding hydrogens is 184 g/mol. The van der Waals surface area contributed by atoms with Crippen molar-refractivity contribution >= 4 is 12.0 Å². The first-order chi connectivity index (χ1) is 6.63. The fourth-order valence-corrected chi connectivity index (χ4v) is 1.78. The SMILES string of the molecule is CCCC1(O)CN(c2nnc(N)o2)C1. The molecule has 0 atom stereocenters. The second-order valence-electron chi connectivity index (χ2n) is 3.75. The molecule has 1 aliphatic rings. The number of rotatable bonds is 3. The fourth-order valence-electron chi connectivity index (χ4n) is 1.78. The van der Waals surface area contributed by atoms with Crippen molar-refractivity contribution in [3.05, 3.63) is 0 Å². The van der Waals surface area contributed by atoms with Gasteiger partial charge < -0.3 is 20.2 Å². The molecule has 0 aromatic carbocycles. The molecule has 2 heterocycles. The molecule has 2 rings (SSSR count). The summed E-state index contributed by atoms with van der Waals surface area (Å²) in [5.74, 6) is 0. The normalized spacial score (nSPS) is 19.4. The Morgan fingerprint density at radius 2 is 2.29 bits per heavy atom. The number of hydrogen-bond acceptors (Lipinski definition) is 6. The summed E-state index contributed by atoms with van der Waals surface area (Å²) >= 11 is 0. The highest BCUT2D eigenvalue weighted by molar-refractivity contribution is 5.35. The average molecular weight is 198 g/mol. The number of aliphatic hydroxyl groups is 1. The van der Waals surface area contributed by atoms with Crippen molar-refractivity contribution < 1.29 is 9.52 Å². The first-order valence-corrected chi connectivity index (χ1v) is 4.69. The number of β-amino-alcohol motifs (C(OH)–C–C–N with tert-alkyl or cyclic N) is 1. The Morgan fingerprint density at radius 1 is 1.57 bits per heavy atom. The molecule has 6 heteroatoms. The summed E-state index contributed by atoms with van der Waals surface area (Å²) in [4.78, 5) is 1.82. The number of nitrogens with two attached hydrogens (primary N) is 1. The highest BCUT2D eigenvalue weighted by Crippen LogP contribution is 2.29. The molecule has 0 amide bonds. The summed E-state index contributed by atoms with van der Waals surface area (Å²) in [7, 11) is 0. The van der Waals surface area contributed by atoms with Crippen LogP contribution in [0.25, 0.3) is 0 Å². The predicted molar refractivity (Wildman–Crippen MR) is 50.8 cm³/mol. The van der Waals surface area contributed by atoms with Gasteiger partial charge in [-0.3, -0.25) is 0 Å².